The first-order valence-corrected chi connectivity index (χ1v) is 12.6. The van der Waals surface area contributed by atoms with Crippen molar-refractivity contribution in [2.24, 2.45) is 0 Å². The SMILES string of the molecule is CC(COC(=O)N1CCC(N(C)c2ccccc2)CC1)N(Cc1ccccc1)Cc1ccccc1. The van der Waals surface area contributed by atoms with Gasteiger partial charge in [-0.3, -0.25) is 4.90 Å². The van der Waals surface area contributed by atoms with E-state index in [1.54, 1.807) is 0 Å². The minimum atomic E-state index is -0.197. The van der Waals surface area contributed by atoms with E-state index in [1.165, 1.54) is 16.8 Å². The van der Waals surface area contributed by atoms with E-state index in [0.717, 1.165) is 39.0 Å². The fourth-order valence-corrected chi connectivity index (χ4v) is 4.70. The molecule has 0 spiro atoms. The van der Waals surface area contributed by atoms with Gasteiger partial charge in [0.2, 0.25) is 0 Å². The average Bonchev–Trinajstić information content (AvgIpc) is 2.92. The quantitative estimate of drug-likeness (QED) is 0.394. The van der Waals surface area contributed by atoms with Gasteiger partial charge in [-0.05, 0) is 43.0 Å². The van der Waals surface area contributed by atoms with Crippen molar-refractivity contribution in [1.29, 1.82) is 0 Å². The average molecular weight is 472 g/mol. The molecule has 1 atom stereocenters. The van der Waals surface area contributed by atoms with Crippen LogP contribution in [-0.2, 0) is 17.8 Å². The van der Waals surface area contributed by atoms with E-state index in [4.69, 9.17) is 4.74 Å². The number of hydrogen-bond donors (Lipinski definition) is 0. The molecule has 5 nitrogen and oxygen atoms in total. The predicted octanol–water partition coefficient (Wildman–Crippen LogP) is 5.81. The van der Waals surface area contributed by atoms with E-state index < -0.39 is 0 Å². The summed E-state index contributed by atoms with van der Waals surface area (Å²) in [5.41, 5.74) is 3.73. The van der Waals surface area contributed by atoms with Crippen LogP contribution in [0.3, 0.4) is 0 Å². The Kier molecular flexibility index (Phi) is 8.79. The summed E-state index contributed by atoms with van der Waals surface area (Å²) >= 11 is 0. The van der Waals surface area contributed by atoms with Gasteiger partial charge in [-0.25, -0.2) is 4.79 Å². The van der Waals surface area contributed by atoms with Crippen LogP contribution in [0.5, 0.6) is 0 Å². The molecule has 5 heteroatoms. The highest BCUT2D eigenvalue weighted by Crippen LogP contribution is 2.22. The summed E-state index contributed by atoms with van der Waals surface area (Å²) in [6, 6.07) is 31.9. The number of hydrogen-bond acceptors (Lipinski definition) is 4. The zero-order chi connectivity index (χ0) is 24.5. The lowest BCUT2D eigenvalue weighted by Gasteiger charge is -2.37. The molecule has 0 aliphatic carbocycles. The minimum absolute atomic E-state index is 0.0983. The Labute approximate surface area is 209 Å². The fourth-order valence-electron chi connectivity index (χ4n) is 4.70. The molecule has 1 unspecified atom stereocenters. The van der Waals surface area contributed by atoms with E-state index in [9.17, 15) is 4.79 Å². The molecule has 1 aliphatic heterocycles. The molecule has 3 aromatic carbocycles. The molecule has 0 N–H and O–H groups in total. The summed E-state index contributed by atoms with van der Waals surface area (Å²) < 4.78 is 5.81. The number of amides is 1. The van der Waals surface area contributed by atoms with E-state index >= 15 is 0 Å². The summed E-state index contributed by atoms with van der Waals surface area (Å²) in [7, 11) is 2.14. The normalized spacial score (nSPS) is 15.1. The van der Waals surface area contributed by atoms with Gasteiger partial charge in [0, 0.05) is 51.0 Å². The highest BCUT2D eigenvalue weighted by atomic mass is 16.6. The molecule has 184 valence electrons. The van der Waals surface area contributed by atoms with E-state index in [1.807, 2.05) is 23.1 Å². The lowest BCUT2D eigenvalue weighted by Crippen LogP contribution is -2.46. The van der Waals surface area contributed by atoms with Crippen molar-refractivity contribution in [3.8, 4) is 0 Å². The van der Waals surface area contributed by atoms with Gasteiger partial charge >= 0.3 is 6.09 Å². The molecule has 1 amide bonds. The van der Waals surface area contributed by atoms with Gasteiger partial charge < -0.3 is 14.5 Å². The number of carbonyl (C=O) groups excluding carboxylic acids is 1. The number of rotatable bonds is 9. The topological polar surface area (TPSA) is 36.0 Å². The third-order valence-electron chi connectivity index (χ3n) is 6.96. The highest BCUT2D eigenvalue weighted by molar-refractivity contribution is 5.67. The standard InChI is InChI=1S/C30H37N3O2/c1-25(33(22-26-12-6-3-7-13-26)23-27-14-8-4-9-15-27)24-35-30(34)32-20-18-29(19-21-32)31(2)28-16-10-5-11-17-28/h3-17,25,29H,18-24H2,1-2H3. The Morgan fingerprint density at radius 1 is 0.857 bits per heavy atom. The molecule has 0 aromatic heterocycles. The van der Waals surface area contributed by atoms with E-state index in [-0.39, 0.29) is 12.1 Å². The zero-order valence-electron chi connectivity index (χ0n) is 20.9. The Morgan fingerprint density at radius 2 is 1.34 bits per heavy atom. The van der Waals surface area contributed by atoms with Crippen molar-refractivity contribution in [3.63, 3.8) is 0 Å². The molecule has 1 fully saturated rings. The van der Waals surface area contributed by atoms with Gasteiger partial charge in [-0.2, -0.15) is 0 Å². The highest BCUT2D eigenvalue weighted by Gasteiger charge is 2.27. The van der Waals surface area contributed by atoms with Gasteiger partial charge in [0.05, 0.1) is 0 Å². The van der Waals surface area contributed by atoms with Crippen LogP contribution in [0.25, 0.3) is 0 Å². The van der Waals surface area contributed by atoms with Crippen LogP contribution in [0, 0.1) is 0 Å². The maximum atomic E-state index is 12.9. The molecule has 4 rings (SSSR count). The first kappa shape index (κ1) is 24.8. The number of para-hydroxylation sites is 1. The molecule has 3 aromatic rings. The van der Waals surface area contributed by atoms with Gasteiger partial charge in [0.1, 0.15) is 6.61 Å². The number of carbonyl (C=O) groups is 1. The predicted molar refractivity (Wildman–Crippen MR) is 142 cm³/mol. The number of likely N-dealkylation sites (tertiary alicyclic amines) is 1. The van der Waals surface area contributed by atoms with Crippen molar-refractivity contribution in [2.45, 2.75) is 44.9 Å². The first-order chi connectivity index (χ1) is 17.1. The largest absolute Gasteiger partial charge is 0.448 e. The fraction of sp³-hybridized carbons (Fsp3) is 0.367. The van der Waals surface area contributed by atoms with Gasteiger partial charge in [-0.15, -0.1) is 0 Å². The second-order valence-electron chi connectivity index (χ2n) is 9.47. The lowest BCUT2D eigenvalue weighted by atomic mass is 10.0. The van der Waals surface area contributed by atoms with E-state index in [0.29, 0.717) is 12.6 Å². The number of anilines is 1. The summed E-state index contributed by atoms with van der Waals surface area (Å²) in [6.07, 6.45) is 1.70. The van der Waals surface area contributed by atoms with Crippen LogP contribution in [-0.4, -0.2) is 54.7 Å². The minimum Gasteiger partial charge on any atom is -0.448 e. The second kappa shape index (κ2) is 12.4. The van der Waals surface area contributed by atoms with Crippen molar-refractivity contribution in [3.05, 3.63) is 102 Å². The number of ether oxygens (including phenoxy) is 1. The number of nitrogens with zero attached hydrogens (tertiary/aromatic N) is 3. The van der Waals surface area contributed by atoms with Crippen molar-refractivity contribution in [2.75, 3.05) is 31.6 Å². The van der Waals surface area contributed by atoms with Crippen molar-refractivity contribution >= 4 is 11.8 Å². The summed E-state index contributed by atoms with van der Waals surface area (Å²) in [5.74, 6) is 0. The number of piperidine rings is 1. The molecule has 1 saturated heterocycles. The van der Waals surface area contributed by atoms with Gasteiger partial charge in [-0.1, -0.05) is 78.9 Å². The van der Waals surface area contributed by atoms with Crippen LogP contribution in [0.15, 0.2) is 91.0 Å². The Hall–Kier alpha value is -3.31. The molecule has 0 radical (unpaired) electrons. The van der Waals surface area contributed by atoms with Crippen LogP contribution >= 0.6 is 0 Å². The Balaban J connectivity index is 1.29. The van der Waals surface area contributed by atoms with Crippen molar-refractivity contribution < 1.29 is 9.53 Å². The van der Waals surface area contributed by atoms with Crippen LogP contribution in [0.2, 0.25) is 0 Å². The third kappa shape index (κ3) is 7.09. The second-order valence-corrected chi connectivity index (χ2v) is 9.47. The van der Waals surface area contributed by atoms with Crippen LogP contribution < -0.4 is 4.90 Å². The summed E-state index contributed by atoms with van der Waals surface area (Å²) in [4.78, 5) is 19.4. The Morgan fingerprint density at radius 3 is 1.86 bits per heavy atom. The zero-order valence-corrected chi connectivity index (χ0v) is 20.9. The summed E-state index contributed by atoms with van der Waals surface area (Å²) in [5, 5.41) is 0. The summed E-state index contributed by atoms with van der Waals surface area (Å²) in [6.45, 7) is 5.60. The number of benzene rings is 3. The van der Waals surface area contributed by atoms with Crippen LogP contribution in [0.1, 0.15) is 30.9 Å². The maximum Gasteiger partial charge on any atom is 0.409 e. The molecule has 0 bridgehead atoms. The Bertz CT molecular complexity index is 980. The van der Waals surface area contributed by atoms with Crippen LogP contribution in [0.4, 0.5) is 10.5 Å². The van der Waals surface area contributed by atoms with Gasteiger partial charge in [0.15, 0.2) is 0 Å². The van der Waals surface area contributed by atoms with E-state index in [2.05, 4.69) is 96.6 Å². The first-order valence-electron chi connectivity index (χ1n) is 12.6. The lowest BCUT2D eigenvalue weighted by molar-refractivity contribution is 0.0589. The maximum absolute atomic E-state index is 12.9. The molecular weight excluding hydrogens is 434 g/mol. The molecule has 1 heterocycles. The van der Waals surface area contributed by atoms with Gasteiger partial charge in [0.25, 0.3) is 0 Å². The smallest absolute Gasteiger partial charge is 0.409 e. The molecule has 35 heavy (non-hydrogen) atoms. The third-order valence-corrected chi connectivity index (χ3v) is 6.96. The molecule has 0 saturated carbocycles. The molecular formula is C30H37N3O2. The van der Waals surface area contributed by atoms with Crippen molar-refractivity contribution in [1.82, 2.24) is 9.80 Å². The monoisotopic (exact) mass is 471 g/mol. The molecule has 1 aliphatic rings.